The van der Waals surface area contributed by atoms with E-state index in [0.717, 1.165) is 0 Å². The lowest BCUT2D eigenvalue weighted by molar-refractivity contribution is 0.134. The quantitative estimate of drug-likeness (QED) is 0.629. The lowest BCUT2D eigenvalue weighted by Crippen LogP contribution is -2.42. The van der Waals surface area contributed by atoms with Gasteiger partial charge in [0.05, 0.1) is 0 Å². The van der Waals surface area contributed by atoms with Crippen LogP contribution in [-0.4, -0.2) is 23.5 Å². The van der Waals surface area contributed by atoms with Gasteiger partial charge in [-0.05, 0) is 52.1 Å². The highest BCUT2D eigenvalue weighted by molar-refractivity contribution is 4.75. The fourth-order valence-corrected chi connectivity index (χ4v) is 1.40. The Labute approximate surface area is 111 Å². The van der Waals surface area contributed by atoms with E-state index in [-0.39, 0.29) is 0 Å². The highest BCUT2D eigenvalue weighted by Gasteiger charge is 2.18. The Balaban J connectivity index is 0. The van der Waals surface area contributed by atoms with Gasteiger partial charge in [0.15, 0.2) is 0 Å². The van der Waals surface area contributed by atoms with Gasteiger partial charge in [-0.2, -0.15) is 0 Å². The molecule has 0 aliphatic rings. The van der Waals surface area contributed by atoms with Crippen LogP contribution in [0.15, 0.2) is 0 Å². The van der Waals surface area contributed by atoms with Crippen LogP contribution in [0.1, 0.15) is 81.6 Å². The summed E-state index contributed by atoms with van der Waals surface area (Å²) in [5.41, 5.74) is 0.852. The normalized spacial score (nSPS) is 12.4. The van der Waals surface area contributed by atoms with Crippen LogP contribution in [-0.2, 0) is 0 Å². The molecule has 0 aromatic rings. The van der Waals surface area contributed by atoms with Gasteiger partial charge in [0.1, 0.15) is 0 Å². The van der Waals surface area contributed by atoms with Gasteiger partial charge in [-0.25, -0.2) is 0 Å². The molecule has 0 bridgehead atoms. The van der Waals surface area contributed by atoms with Crippen molar-refractivity contribution in [3.05, 3.63) is 0 Å². The fraction of sp³-hybridized carbons (Fsp3) is 1.00. The maximum Gasteiger partial charge on any atom is 0.0125 e. The second-order valence-electron chi connectivity index (χ2n) is 7.51. The van der Waals surface area contributed by atoms with Crippen LogP contribution in [0.2, 0.25) is 0 Å². The summed E-state index contributed by atoms with van der Waals surface area (Å²) in [5, 5.41) is 0. The van der Waals surface area contributed by atoms with E-state index < -0.39 is 0 Å². The number of unbranched alkanes of at least 4 members (excludes halogenated alkanes) is 1. The van der Waals surface area contributed by atoms with Crippen molar-refractivity contribution in [3.8, 4) is 0 Å². The molecule has 106 valence electrons. The number of rotatable bonds is 5. The fourth-order valence-electron chi connectivity index (χ4n) is 1.40. The SMILES string of the molecule is CC(C)(C)C.CCCCN(CCC)C(C)(C)C. The first-order valence-electron chi connectivity index (χ1n) is 7.27. The van der Waals surface area contributed by atoms with Crippen molar-refractivity contribution in [2.45, 2.75) is 87.1 Å². The number of hydrogen-bond acceptors (Lipinski definition) is 1. The molecular weight excluding hydrogens is 206 g/mol. The van der Waals surface area contributed by atoms with Gasteiger partial charge in [-0.1, -0.05) is 48.0 Å². The van der Waals surface area contributed by atoms with Gasteiger partial charge in [-0.3, -0.25) is 4.90 Å². The van der Waals surface area contributed by atoms with E-state index in [1.54, 1.807) is 0 Å². The van der Waals surface area contributed by atoms with Crippen molar-refractivity contribution >= 4 is 0 Å². The maximum absolute atomic E-state index is 2.58. The molecule has 1 nitrogen and oxygen atoms in total. The van der Waals surface area contributed by atoms with Gasteiger partial charge < -0.3 is 0 Å². The van der Waals surface area contributed by atoms with Crippen molar-refractivity contribution in [1.29, 1.82) is 0 Å². The van der Waals surface area contributed by atoms with Gasteiger partial charge in [0.2, 0.25) is 0 Å². The summed E-state index contributed by atoms with van der Waals surface area (Å²) in [5.74, 6) is 0. The molecule has 0 N–H and O–H groups in total. The average Bonchev–Trinajstić information content (AvgIpc) is 2.07. The molecule has 0 rings (SSSR count). The standard InChI is InChI=1S/C11H25N.C5H12/c1-6-8-10-12(9-7-2)11(3,4)5;1-5(2,3)4/h6-10H2,1-5H3;1-4H3. The second kappa shape index (κ2) is 8.97. The van der Waals surface area contributed by atoms with Crippen molar-refractivity contribution in [1.82, 2.24) is 4.90 Å². The van der Waals surface area contributed by atoms with Gasteiger partial charge in [0, 0.05) is 5.54 Å². The van der Waals surface area contributed by atoms with E-state index in [1.165, 1.54) is 32.4 Å². The summed E-state index contributed by atoms with van der Waals surface area (Å²) in [4.78, 5) is 2.58. The molecule has 0 fully saturated rings. The van der Waals surface area contributed by atoms with Gasteiger partial charge in [0.25, 0.3) is 0 Å². The van der Waals surface area contributed by atoms with Crippen LogP contribution in [0.5, 0.6) is 0 Å². The number of hydrogen-bond donors (Lipinski definition) is 0. The third kappa shape index (κ3) is 18.5. The molecule has 0 heterocycles. The summed E-state index contributed by atoms with van der Waals surface area (Å²) in [7, 11) is 0. The van der Waals surface area contributed by atoms with Gasteiger partial charge in [-0.15, -0.1) is 0 Å². The molecule has 0 aromatic carbocycles. The molecule has 0 spiro atoms. The molecule has 17 heavy (non-hydrogen) atoms. The molecule has 0 aromatic heterocycles. The van der Waals surface area contributed by atoms with Crippen LogP contribution < -0.4 is 0 Å². The topological polar surface area (TPSA) is 3.24 Å². The third-order valence-corrected chi connectivity index (χ3v) is 2.22. The molecule has 0 radical (unpaired) electrons. The van der Waals surface area contributed by atoms with Crippen LogP contribution in [0, 0.1) is 5.41 Å². The van der Waals surface area contributed by atoms with E-state index in [1.807, 2.05) is 0 Å². The molecule has 0 unspecified atom stereocenters. The predicted molar refractivity (Wildman–Crippen MR) is 81.7 cm³/mol. The third-order valence-electron chi connectivity index (χ3n) is 2.22. The Hall–Kier alpha value is -0.0400. The molecule has 0 atom stereocenters. The van der Waals surface area contributed by atoms with E-state index in [4.69, 9.17) is 0 Å². The monoisotopic (exact) mass is 243 g/mol. The summed E-state index contributed by atoms with van der Waals surface area (Å²) in [6, 6.07) is 0. The lowest BCUT2D eigenvalue weighted by atomic mass is 10.0. The first kappa shape index (κ1) is 19.3. The lowest BCUT2D eigenvalue weighted by Gasteiger charge is -2.35. The summed E-state index contributed by atoms with van der Waals surface area (Å²) < 4.78 is 0. The zero-order valence-corrected chi connectivity index (χ0v) is 14.0. The van der Waals surface area contributed by atoms with E-state index in [0.29, 0.717) is 11.0 Å². The second-order valence-corrected chi connectivity index (χ2v) is 7.51. The van der Waals surface area contributed by atoms with E-state index >= 15 is 0 Å². The van der Waals surface area contributed by atoms with Crippen LogP contribution in [0.3, 0.4) is 0 Å². The number of nitrogens with zero attached hydrogens (tertiary/aromatic N) is 1. The molecular formula is C16H37N. The van der Waals surface area contributed by atoms with Crippen molar-refractivity contribution < 1.29 is 0 Å². The molecule has 0 saturated heterocycles. The summed E-state index contributed by atoms with van der Waals surface area (Å²) >= 11 is 0. The van der Waals surface area contributed by atoms with Crippen molar-refractivity contribution in [2.75, 3.05) is 13.1 Å². The molecule has 0 amide bonds. The summed E-state index contributed by atoms with van der Waals surface area (Å²) in [6.45, 7) is 22.7. The zero-order chi connectivity index (χ0) is 14.1. The Morgan fingerprint density at radius 2 is 1.12 bits per heavy atom. The first-order valence-corrected chi connectivity index (χ1v) is 7.27. The minimum Gasteiger partial charge on any atom is -0.298 e. The van der Waals surface area contributed by atoms with Crippen molar-refractivity contribution in [3.63, 3.8) is 0 Å². The largest absolute Gasteiger partial charge is 0.298 e. The Morgan fingerprint density at radius 1 is 0.706 bits per heavy atom. The molecule has 0 aliphatic heterocycles. The van der Waals surface area contributed by atoms with Crippen LogP contribution >= 0.6 is 0 Å². The summed E-state index contributed by atoms with van der Waals surface area (Å²) in [6.07, 6.45) is 3.90. The minimum absolute atomic E-state index is 0.352. The van der Waals surface area contributed by atoms with Gasteiger partial charge >= 0.3 is 0 Å². The van der Waals surface area contributed by atoms with E-state index in [2.05, 4.69) is 67.2 Å². The maximum atomic E-state index is 2.58. The van der Waals surface area contributed by atoms with Crippen LogP contribution in [0.4, 0.5) is 0 Å². The van der Waals surface area contributed by atoms with E-state index in [9.17, 15) is 0 Å². The van der Waals surface area contributed by atoms with Crippen LogP contribution in [0.25, 0.3) is 0 Å². The minimum atomic E-state index is 0.352. The zero-order valence-electron chi connectivity index (χ0n) is 14.0. The highest BCUT2D eigenvalue weighted by Crippen LogP contribution is 2.14. The smallest absolute Gasteiger partial charge is 0.0125 e. The molecule has 0 aliphatic carbocycles. The average molecular weight is 243 g/mol. The Morgan fingerprint density at radius 3 is 1.35 bits per heavy atom. The Bertz CT molecular complexity index is 153. The highest BCUT2D eigenvalue weighted by atomic mass is 15.2. The molecule has 1 heteroatoms. The first-order chi connectivity index (χ1) is 7.52. The van der Waals surface area contributed by atoms with Crippen molar-refractivity contribution in [2.24, 2.45) is 5.41 Å². The Kier molecular flexibility index (Phi) is 10.2. The predicted octanol–water partition coefficient (Wildman–Crippen LogP) is 5.35. The molecule has 0 saturated carbocycles.